The smallest absolute Gasteiger partial charge is 0.213 e. The summed E-state index contributed by atoms with van der Waals surface area (Å²) in [7, 11) is 0. The summed E-state index contributed by atoms with van der Waals surface area (Å²) in [6.45, 7) is 1.21. The lowest BCUT2D eigenvalue weighted by Crippen LogP contribution is -2.06. The molecule has 78 valence electrons. The standard InChI is InChI=1S/C10H10FN3O/c11-10-2-1-9(7-13-10)15-6-5-14-4-3-12-8-14/h1-4,7-8H,5-6H2. The molecule has 0 radical (unpaired) electrons. The Kier molecular flexibility index (Phi) is 2.92. The Morgan fingerprint density at radius 1 is 1.40 bits per heavy atom. The van der Waals surface area contributed by atoms with Crippen LogP contribution in [0.25, 0.3) is 0 Å². The largest absolute Gasteiger partial charge is 0.490 e. The summed E-state index contributed by atoms with van der Waals surface area (Å²) in [5, 5.41) is 0. The number of rotatable bonds is 4. The minimum Gasteiger partial charge on any atom is -0.490 e. The van der Waals surface area contributed by atoms with E-state index in [1.165, 1.54) is 12.3 Å². The molecule has 0 aliphatic heterocycles. The molecule has 2 rings (SSSR count). The van der Waals surface area contributed by atoms with E-state index >= 15 is 0 Å². The highest BCUT2D eigenvalue weighted by molar-refractivity contribution is 5.15. The van der Waals surface area contributed by atoms with Gasteiger partial charge in [-0.05, 0) is 12.1 Å². The number of nitrogens with zero attached hydrogens (tertiary/aromatic N) is 3. The normalized spacial score (nSPS) is 10.2. The number of ether oxygens (including phenoxy) is 1. The fraction of sp³-hybridized carbons (Fsp3) is 0.200. The summed E-state index contributed by atoms with van der Waals surface area (Å²) in [4.78, 5) is 7.39. The molecule has 0 aliphatic carbocycles. The number of aromatic nitrogens is 3. The van der Waals surface area contributed by atoms with Gasteiger partial charge in [0.25, 0.3) is 0 Å². The summed E-state index contributed by atoms with van der Waals surface area (Å²) in [6.07, 6.45) is 6.64. The Hall–Kier alpha value is -1.91. The monoisotopic (exact) mass is 207 g/mol. The fourth-order valence-electron chi connectivity index (χ4n) is 1.14. The Morgan fingerprint density at radius 2 is 2.33 bits per heavy atom. The average Bonchev–Trinajstić information content (AvgIpc) is 2.74. The van der Waals surface area contributed by atoms with Gasteiger partial charge in [0.05, 0.1) is 19.1 Å². The third-order valence-corrected chi connectivity index (χ3v) is 1.88. The van der Waals surface area contributed by atoms with Gasteiger partial charge in [-0.25, -0.2) is 9.97 Å². The highest BCUT2D eigenvalue weighted by atomic mass is 19.1. The molecular formula is C10H10FN3O. The molecule has 0 bridgehead atoms. The topological polar surface area (TPSA) is 39.9 Å². The summed E-state index contributed by atoms with van der Waals surface area (Å²) >= 11 is 0. The molecule has 0 fully saturated rings. The second-order valence-electron chi connectivity index (χ2n) is 2.97. The van der Waals surface area contributed by atoms with Crippen LogP contribution in [0.3, 0.4) is 0 Å². The lowest BCUT2D eigenvalue weighted by Gasteiger charge is -2.05. The first-order valence-corrected chi connectivity index (χ1v) is 4.55. The third kappa shape index (κ3) is 2.77. The van der Waals surface area contributed by atoms with E-state index in [-0.39, 0.29) is 0 Å². The van der Waals surface area contributed by atoms with Crippen molar-refractivity contribution >= 4 is 0 Å². The molecule has 5 heteroatoms. The molecule has 4 nitrogen and oxygen atoms in total. The molecule has 2 heterocycles. The van der Waals surface area contributed by atoms with E-state index in [2.05, 4.69) is 9.97 Å². The van der Waals surface area contributed by atoms with Crippen LogP contribution in [0.1, 0.15) is 0 Å². The van der Waals surface area contributed by atoms with Gasteiger partial charge < -0.3 is 9.30 Å². The van der Waals surface area contributed by atoms with Crippen molar-refractivity contribution < 1.29 is 9.13 Å². The van der Waals surface area contributed by atoms with E-state index in [9.17, 15) is 4.39 Å². The molecule has 2 aromatic heterocycles. The third-order valence-electron chi connectivity index (χ3n) is 1.88. The van der Waals surface area contributed by atoms with Crippen molar-refractivity contribution in [3.63, 3.8) is 0 Å². The van der Waals surface area contributed by atoms with Crippen LogP contribution < -0.4 is 4.74 Å². The van der Waals surface area contributed by atoms with Crippen LogP contribution in [-0.2, 0) is 6.54 Å². The molecule has 0 saturated heterocycles. The van der Waals surface area contributed by atoms with Gasteiger partial charge in [-0.3, -0.25) is 0 Å². The van der Waals surface area contributed by atoms with Gasteiger partial charge in [-0.2, -0.15) is 4.39 Å². The van der Waals surface area contributed by atoms with Crippen molar-refractivity contribution in [2.24, 2.45) is 0 Å². The van der Waals surface area contributed by atoms with Crippen LogP contribution in [-0.4, -0.2) is 21.1 Å². The maximum absolute atomic E-state index is 12.5. The first kappa shape index (κ1) is 9.64. The molecule has 15 heavy (non-hydrogen) atoms. The summed E-state index contributed by atoms with van der Waals surface area (Å²) in [5.74, 6) is 0.0634. The molecular weight excluding hydrogens is 197 g/mol. The zero-order chi connectivity index (χ0) is 10.5. The number of pyridine rings is 1. The van der Waals surface area contributed by atoms with Crippen molar-refractivity contribution in [2.75, 3.05) is 6.61 Å². The fourth-order valence-corrected chi connectivity index (χ4v) is 1.14. The van der Waals surface area contributed by atoms with Crippen LogP contribution in [0, 0.1) is 5.95 Å². The zero-order valence-electron chi connectivity index (χ0n) is 8.01. The van der Waals surface area contributed by atoms with Crippen LogP contribution >= 0.6 is 0 Å². The molecule has 0 unspecified atom stereocenters. The van der Waals surface area contributed by atoms with Crippen LogP contribution in [0.2, 0.25) is 0 Å². The predicted molar refractivity (Wildman–Crippen MR) is 51.9 cm³/mol. The van der Waals surface area contributed by atoms with E-state index < -0.39 is 5.95 Å². The van der Waals surface area contributed by atoms with Gasteiger partial charge in [0, 0.05) is 12.4 Å². The number of hydrogen-bond acceptors (Lipinski definition) is 3. The van der Waals surface area contributed by atoms with Crippen molar-refractivity contribution in [3.8, 4) is 5.75 Å². The van der Waals surface area contributed by atoms with Crippen LogP contribution in [0.4, 0.5) is 4.39 Å². The Balaban J connectivity index is 1.81. The van der Waals surface area contributed by atoms with Crippen molar-refractivity contribution in [3.05, 3.63) is 43.0 Å². The lowest BCUT2D eigenvalue weighted by atomic mass is 10.4. The van der Waals surface area contributed by atoms with Gasteiger partial charge in [-0.15, -0.1) is 0 Å². The Bertz CT molecular complexity index is 399. The van der Waals surface area contributed by atoms with E-state index in [1.807, 2.05) is 10.8 Å². The minimum atomic E-state index is -0.503. The maximum atomic E-state index is 12.5. The van der Waals surface area contributed by atoms with Gasteiger partial charge in [-0.1, -0.05) is 0 Å². The first-order chi connectivity index (χ1) is 7.34. The molecule has 2 aromatic rings. The zero-order valence-corrected chi connectivity index (χ0v) is 8.01. The Morgan fingerprint density at radius 3 is 3.00 bits per heavy atom. The Labute approximate surface area is 86.4 Å². The van der Waals surface area contributed by atoms with Crippen molar-refractivity contribution in [1.82, 2.24) is 14.5 Å². The molecule has 0 aromatic carbocycles. The van der Waals surface area contributed by atoms with Gasteiger partial charge in [0.15, 0.2) is 0 Å². The summed E-state index contributed by atoms with van der Waals surface area (Å²) in [5.41, 5.74) is 0. The van der Waals surface area contributed by atoms with E-state index in [4.69, 9.17) is 4.74 Å². The maximum Gasteiger partial charge on any atom is 0.213 e. The molecule has 0 spiro atoms. The minimum absolute atomic E-state index is 0.503. The second kappa shape index (κ2) is 4.54. The van der Waals surface area contributed by atoms with Crippen molar-refractivity contribution in [1.29, 1.82) is 0 Å². The highest BCUT2D eigenvalue weighted by Crippen LogP contribution is 2.07. The SMILES string of the molecule is Fc1ccc(OCCn2ccnc2)cn1. The predicted octanol–water partition coefficient (Wildman–Crippen LogP) is 1.50. The van der Waals surface area contributed by atoms with Crippen LogP contribution in [0.5, 0.6) is 5.75 Å². The molecule has 0 amide bonds. The van der Waals surface area contributed by atoms with Crippen molar-refractivity contribution in [2.45, 2.75) is 6.54 Å². The van der Waals surface area contributed by atoms with Gasteiger partial charge in [0.2, 0.25) is 5.95 Å². The molecule has 0 aliphatic rings. The highest BCUT2D eigenvalue weighted by Gasteiger charge is 1.95. The second-order valence-corrected chi connectivity index (χ2v) is 2.97. The molecule has 0 atom stereocenters. The van der Waals surface area contributed by atoms with Gasteiger partial charge >= 0.3 is 0 Å². The van der Waals surface area contributed by atoms with E-state index in [1.54, 1.807) is 18.6 Å². The number of imidazole rings is 1. The average molecular weight is 207 g/mol. The summed E-state index contributed by atoms with van der Waals surface area (Å²) in [6, 6.07) is 2.82. The quantitative estimate of drug-likeness (QED) is 0.713. The summed E-state index contributed by atoms with van der Waals surface area (Å²) < 4.78 is 19.7. The number of hydrogen-bond donors (Lipinski definition) is 0. The molecule has 0 saturated carbocycles. The number of halogens is 1. The lowest BCUT2D eigenvalue weighted by molar-refractivity contribution is 0.296. The van der Waals surface area contributed by atoms with Crippen LogP contribution in [0.15, 0.2) is 37.1 Å². The van der Waals surface area contributed by atoms with E-state index in [0.717, 1.165) is 0 Å². The van der Waals surface area contributed by atoms with Gasteiger partial charge in [0.1, 0.15) is 12.4 Å². The first-order valence-electron chi connectivity index (χ1n) is 4.55. The molecule has 0 N–H and O–H groups in total. The van der Waals surface area contributed by atoms with E-state index in [0.29, 0.717) is 18.9 Å².